The number of carbonyl (C=O) groups excluding carboxylic acids is 3. The predicted octanol–water partition coefficient (Wildman–Crippen LogP) is 2.68. The number of likely N-dealkylation sites (N-methyl/N-ethyl adjacent to an activating group) is 1. The standard InChI is InChI=1S/C21H27ClN4O3/c1-5-25-16-11-26(13(4)19(27)23-10-12(2)3)20(28)17(16)18(24-21(25)29)14-8-6-7-9-15(14)22/h6-9,12-13,18H,5,10-11H2,1-4H3,(H,23,27)(H,24,29). The molecule has 0 bridgehead atoms. The van der Waals surface area contributed by atoms with Crippen molar-refractivity contribution < 1.29 is 14.4 Å². The fraction of sp³-hybridized carbons (Fsp3) is 0.476. The lowest BCUT2D eigenvalue weighted by Crippen LogP contribution is -2.47. The molecule has 1 aromatic rings. The molecule has 2 N–H and O–H groups in total. The first kappa shape index (κ1) is 21.2. The number of nitrogens with one attached hydrogen (secondary N) is 2. The minimum absolute atomic E-state index is 0.205. The van der Waals surface area contributed by atoms with Crippen molar-refractivity contribution >= 4 is 29.4 Å². The summed E-state index contributed by atoms with van der Waals surface area (Å²) in [4.78, 5) is 41.7. The molecule has 2 aliphatic heterocycles. The number of amides is 4. The molecule has 0 saturated carbocycles. The Balaban J connectivity index is 1.94. The fourth-order valence-electron chi connectivity index (χ4n) is 3.70. The van der Waals surface area contributed by atoms with Gasteiger partial charge in [0.1, 0.15) is 6.04 Å². The molecular formula is C21H27ClN4O3. The van der Waals surface area contributed by atoms with Gasteiger partial charge in [0, 0.05) is 18.1 Å². The molecule has 0 aliphatic carbocycles. The van der Waals surface area contributed by atoms with Crippen molar-refractivity contribution in [2.45, 2.75) is 39.8 Å². The molecule has 7 nitrogen and oxygen atoms in total. The van der Waals surface area contributed by atoms with Crippen molar-refractivity contribution in [2.24, 2.45) is 5.92 Å². The molecule has 0 radical (unpaired) electrons. The first-order valence-corrected chi connectivity index (χ1v) is 10.3. The molecule has 0 fully saturated rings. The lowest BCUT2D eigenvalue weighted by molar-refractivity contribution is -0.135. The zero-order valence-corrected chi connectivity index (χ0v) is 17.9. The Labute approximate surface area is 176 Å². The summed E-state index contributed by atoms with van der Waals surface area (Å²) in [5.41, 5.74) is 1.77. The van der Waals surface area contributed by atoms with Crippen LogP contribution in [-0.4, -0.2) is 53.3 Å². The summed E-state index contributed by atoms with van der Waals surface area (Å²) in [6.45, 7) is 8.77. The molecule has 0 saturated heterocycles. The molecule has 0 spiro atoms. The zero-order chi connectivity index (χ0) is 21.3. The Morgan fingerprint density at radius 3 is 2.59 bits per heavy atom. The number of rotatable bonds is 6. The molecule has 2 heterocycles. The van der Waals surface area contributed by atoms with Gasteiger partial charge in [-0.1, -0.05) is 43.6 Å². The Bertz CT molecular complexity index is 867. The maximum Gasteiger partial charge on any atom is 0.322 e. The van der Waals surface area contributed by atoms with E-state index in [0.29, 0.717) is 40.9 Å². The largest absolute Gasteiger partial charge is 0.354 e. The third-order valence-corrected chi connectivity index (χ3v) is 5.66. The summed E-state index contributed by atoms with van der Waals surface area (Å²) in [7, 11) is 0. The monoisotopic (exact) mass is 418 g/mol. The highest BCUT2D eigenvalue weighted by atomic mass is 35.5. The predicted molar refractivity (Wildman–Crippen MR) is 111 cm³/mol. The van der Waals surface area contributed by atoms with Gasteiger partial charge in [0.15, 0.2) is 0 Å². The second kappa shape index (κ2) is 8.45. The molecule has 8 heteroatoms. The number of nitrogens with zero attached hydrogens (tertiary/aromatic N) is 2. The maximum absolute atomic E-state index is 13.4. The Morgan fingerprint density at radius 1 is 1.28 bits per heavy atom. The van der Waals surface area contributed by atoms with Crippen molar-refractivity contribution in [3.05, 3.63) is 46.1 Å². The van der Waals surface area contributed by atoms with Crippen molar-refractivity contribution in [1.82, 2.24) is 20.4 Å². The highest BCUT2D eigenvalue weighted by Gasteiger charge is 2.46. The maximum atomic E-state index is 13.4. The van der Waals surface area contributed by atoms with Crippen LogP contribution in [0.25, 0.3) is 0 Å². The van der Waals surface area contributed by atoms with Crippen molar-refractivity contribution in [1.29, 1.82) is 0 Å². The summed E-state index contributed by atoms with van der Waals surface area (Å²) in [5, 5.41) is 6.26. The van der Waals surface area contributed by atoms with Gasteiger partial charge in [0.05, 0.1) is 23.9 Å². The zero-order valence-electron chi connectivity index (χ0n) is 17.2. The van der Waals surface area contributed by atoms with Gasteiger partial charge in [-0.3, -0.25) is 14.5 Å². The van der Waals surface area contributed by atoms with Gasteiger partial charge in [0.25, 0.3) is 5.91 Å². The number of benzene rings is 1. The van der Waals surface area contributed by atoms with Crippen LogP contribution in [0.2, 0.25) is 5.02 Å². The number of halogens is 1. The van der Waals surface area contributed by atoms with Gasteiger partial charge in [-0.2, -0.15) is 0 Å². The van der Waals surface area contributed by atoms with Gasteiger partial charge in [-0.15, -0.1) is 0 Å². The number of hydrogen-bond donors (Lipinski definition) is 2. The minimum atomic E-state index is -0.646. The molecule has 4 amide bonds. The van der Waals surface area contributed by atoms with Gasteiger partial charge < -0.3 is 15.5 Å². The third-order valence-electron chi connectivity index (χ3n) is 5.31. The van der Waals surface area contributed by atoms with E-state index >= 15 is 0 Å². The number of carbonyl (C=O) groups is 3. The van der Waals surface area contributed by atoms with Gasteiger partial charge in [-0.05, 0) is 31.4 Å². The Morgan fingerprint density at radius 2 is 1.97 bits per heavy atom. The Hall–Kier alpha value is -2.54. The van der Waals surface area contributed by atoms with E-state index in [1.54, 1.807) is 30.0 Å². The fourth-order valence-corrected chi connectivity index (χ4v) is 3.94. The van der Waals surface area contributed by atoms with Crippen LogP contribution in [0.15, 0.2) is 35.5 Å². The van der Waals surface area contributed by atoms with Gasteiger partial charge in [0.2, 0.25) is 5.91 Å². The smallest absolute Gasteiger partial charge is 0.322 e. The van der Waals surface area contributed by atoms with E-state index < -0.39 is 12.1 Å². The van der Waals surface area contributed by atoms with E-state index in [1.165, 1.54) is 4.90 Å². The first-order chi connectivity index (χ1) is 13.8. The lowest BCUT2D eigenvalue weighted by atomic mass is 9.95. The molecule has 2 unspecified atom stereocenters. The van der Waals surface area contributed by atoms with Crippen LogP contribution in [0.4, 0.5) is 4.79 Å². The second-order valence-corrected chi connectivity index (χ2v) is 8.16. The van der Waals surface area contributed by atoms with Gasteiger partial charge in [-0.25, -0.2) is 4.79 Å². The SMILES string of the molecule is CCN1C(=O)NC(c2ccccc2Cl)C2=C1CN(C(C)C(=O)NCC(C)C)C2=O. The van der Waals surface area contributed by atoms with E-state index in [1.807, 2.05) is 26.8 Å². The van der Waals surface area contributed by atoms with E-state index in [-0.39, 0.29) is 24.4 Å². The van der Waals surface area contributed by atoms with Crippen LogP contribution < -0.4 is 10.6 Å². The van der Waals surface area contributed by atoms with E-state index in [2.05, 4.69) is 10.6 Å². The molecule has 0 aromatic heterocycles. The van der Waals surface area contributed by atoms with Crippen LogP contribution in [0.5, 0.6) is 0 Å². The third kappa shape index (κ3) is 3.96. The minimum Gasteiger partial charge on any atom is -0.354 e. The molecule has 2 atom stereocenters. The van der Waals surface area contributed by atoms with Crippen molar-refractivity contribution in [3.8, 4) is 0 Å². The second-order valence-electron chi connectivity index (χ2n) is 7.76. The normalized spacial score (nSPS) is 20.1. The summed E-state index contributed by atoms with van der Waals surface area (Å²) < 4.78 is 0. The topological polar surface area (TPSA) is 81.8 Å². The van der Waals surface area contributed by atoms with Crippen LogP contribution in [-0.2, 0) is 9.59 Å². The van der Waals surface area contributed by atoms with Crippen LogP contribution in [0.1, 0.15) is 39.3 Å². The van der Waals surface area contributed by atoms with Crippen LogP contribution in [0.3, 0.4) is 0 Å². The molecule has 156 valence electrons. The molecule has 3 rings (SSSR count). The Kier molecular flexibility index (Phi) is 6.17. The average molecular weight is 419 g/mol. The molecule has 29 heavy (non-hydrogen) atoms. The van der Waals surface area contributed by atoms with Crippen molar-refractivity contribution in [2.75, 3.05) is 19.6 Å². The van der Waals surface area contributed by atoms with E-state index in [9.17, 15) is 14.4 Å². The van der Waals surface area contributed by atoms with Crippen molar-refractivity contribution in [3.63, 3.8) is 0 Å². The highest BCUT2D eigenvalue weighted by molar-refractivity contribution is 6.31. The molecule has 2 aliphatic rings. The van der Waals surface area contributed by atoms with Gasteiger partial charge >= 0.3 is 6.03 Å². The summed E-state index contributed by atoms with van der Waals surface area (Å²) in [6, 6.07) is 5.59. The van der Waals surface area contributed by atoms with E-state index in [4.69, 9.17) is 11.6 Å². The molecule has 1 aromatic carbocycles. The molecular weight excluding hydrogens is 392 g/mol. The van der Waals surface area contributed by atoms with E-state index in [0.717, 1.165) is 0 Å². The number of urea groups is 1. The summed E-state index contributed by atoms with van der Waals surface area (Å²) in [6.07, 6.45) is 0. The highest BCUT2D eigenvalue weighted by Crippen LogP contribution is 2.38. The first-order valence-electron chi connectivity index (χ1n) is 9.90. The summed E-state index contributed by atoms with van der Waals surface area (Å²) >= 11 is 6.36. The quantitative estimate of drug-likeness (QED) is 0.745. The van der Waals surface area contributed by atoms with Crippen LogP contribution in [0, 0.1) is 5.92 Å². The van der Waals surface area contributed by atoms with Crippen LogP contribution >= 0.6 is 11.6 Å². The summed E-state index contributed by atoms with van der Waals surface area (Å²) in [5.74, 6) is -0.146. The lowest BCUT2D eigenvalue weighted by Gasteiger charge is -2.33. The number of hydrogen-bond acceptors (Lipinski definition) is 3. The average Bonchev–Trinajstić information content (AvgIpc) is 3.02.